The van der Waals surface area contributed by atoms with E-state index >= 15 is 0 Å². The summed E-state index contributed by atoms with van der Waals surface area (Å²) in [6, 6.07) is 6.67. The molecule has 0 spiro atoms. The molecule has 1 saturated carbocycles. The van der Waals surface area contributed by atoms with Gasteiger partial charge < -0.3 is 25.1 Å². The van der Waals surface area contributed by atoms with Crippen LogP contribution in [0.1, 0.15) is 18.5 Å². The highest BCUT2D eigenvalue weighted by atomic mass is 19.4. The molecule has 0 atom stereocenters. The van der Waals surface area contributed by atoms with Gasteiger partial charge in [0.05, 0.1) is 17.2 Å². The van der Waals surface area contributed by atoms with Gasteiger partial charge in [-0.25, -0.2) is 14.5 Å². The zero-order valence-electron chi connectivity index (χ0n) is 15.9. The van der Waals surface area contributed by atoms with Gasteiger partial charge in [0.15, 0.2) is 5.65 Å². The molecule has 31 heavy (non-hydrogen) atoms. The zero-order chi connectivity index (χ0) is 22.2. The molecule has 0 saturated heterocycles. The summed E-state index contributed by atoms with van der Waals surface area (Å²) < 4.78 is 53.3. The van der Waals surface area contributed by atoms with Crippen molar-refractivity contribution >= 4 is 17.1 Å². The van der Waals surface area contributed by atoms with Crippen LogP contribution in [0.3, 0.4) is 0 Å². The van der Waals surface area contributed by atoms with Gasteiger partial charge in [0.25, 0.3) is 0 Å². The number of hydrogen-bond donors (Lipinski definition) is 2. The lowest BCUT2D eigenvalue weighted by Crippen LogP contribution is -2.37. The van der Waals surface area contributed by atoms with Crippen molar-refractivity contribution < 1.29 is 37.3 Å². The van der Waals surface area contributed by atoms with E-state index in [4.69, 9.17) is 15.2 Å². The minimum Gasteiger partial charge on any atom is -0.489 e. The quantitative estimate of drug-likeness (QED) is 0.607. The maximum Gasteiger partial charge on any atom is 0.573 e. The van der Waals surface area contributed by atoms with Crippen LogP contribution < -0.4 is 15.2 Å². The lowest BCUT2D eigenvalue weighted by atomic mass is 9.92. The van der Waals surface area contributed by atoms with Gasteiger partial charge in [-0.1, -0.05) is 0 Å². The largest absolute Gasteiger partial charge is 0.573 e. The third kappa shape index (κ3) is 4.63. The Morgan fingerprint density at radius 3 is 2.55 bits per heavy atom. The van der Waals surface area contributed by atoms with Gasteiger partial charge in [-0.2, -0.15) is 5.10 Å². The van der Waals surface area contributed by atoms with E-state index in [1.807, 2.05) is 0 Å². The number of ether oxygens (including phenoxy) is 3. The topological polar surface area (TPSA) is 122 Å². The number of pyridine rings is 1. The number of aliphatic hydroxyl groups is 1. The molecule has 1 amide bonds. The number of aliphatic hydroxyl groups excluding tert-OH is 1. The molecule has 4 rings (SSSR count). The first kappa shape index (κ1) is 20.7. The number of aromatic nitrogens is 3. The van der Waals surface area contributed by atoms with Gasteiger partial charge in [0.1, 0.15) is 29.9 Å². The number of halogens is 3. The van der Waals surface area contributed by atoms with Crippen LogP contribution in [0, 0.1) is 0 Å². The van der Waals surface area contributed by atoms with E-state index in [9.17, 15) is 23.1 Å². The monoisotopic (exact) mass is 438 g/mol. The summed E-state index contributed by atoms with van der Waals surface area (Å²) in [7, 11) is 0. The molecule has 12 heteroatoms. The summed E-state index contributed by atoms with van der Waals surface area (Å²) in [5.74, 6) is 0.0405. The molecule has 0 radical (unpaired) electrons. The van der Waals surface area contributed by atoms with E-state index in [1.165, 1.54) is 23.0 Å². The van der Waals surface area contributed by atoms with Crippen LogP contribution in [0.25, 0.3) is 16.7 Å². The van der Waals surface area contributed by atoms with Crippen LogP contribution in [-0.2, 0) is 11.3 Å². The van der Waals surface area contributed by atoms with Crippen molar-refractivity contribution in [2.75, 3.05) is 0 Å². The first-order valence-electron chi connectivity index (χ1n) is 9.19. The molecule has 1 aliphatic rings. The fourth-order valence-electron chi connectivity index (χ4n) is 3.21. The Hall–Kier alpha value is -3.54. The first-order valence-corrected chi connectivity index (χ1v) is 9.19. The average molecular weight is 438 g/mol. The third-order valence-electron chi connectivity index (χ3n) is 4.63. The van der Waals surface area contributed by atoms with Crippen molar-refractivity contribution in [3.63, 3.8) is 0 Å². The second-order valence-electron chi connectivity index (χ2n) is 6.88. The van der Waals surface area contributed by atoms with Crippen molar-refractivity contribution in [1.82, 2.24) is 14.8 Å². The van der Waals surface area contributed by atoms with E-state index in [0.29, 0.717) is 41.0 Å². The normalized spacial score (nSPS) is 18.5. The predicted molar refractivity (Wildman–Crippen MR) is 99.6 cm³/mol. The molecule has 164 valence electrons. The standard InChI is InChI=1S/C19H17F3N4O5/c20-19(21,22)31-12-3-1-10(2-4-12)26-17-16(14(25-26)9-29-18(23)28)15(5-6-24-17)30-13-7-11(27)8-13/h1-6,11,13,27H,7-9H2,(H2,23,28). The van der Waals surface area contributed by atoms with Crippen LogP contribution in [0.15, 0.2) is 36.5 Å². The molecule has 3 N–H and O–H groups in total. The van der Waals surface area contributed by atoms with Crippen LogP contribution in [-0.4, -0.2) is 44.5 Å². The number of primary amides is 1. The molecule has 2 heterocycles. The number of carbonyl (C=O) groups excluding carboxylic acids is 1. The SMILES string of the molecule is NC(=O)OCc1nn(-c2ccc(OC(F)(F)F)cc2)c2nccc(OC3CC(O)C3)c12. The van der Waals surface area contributed by atoms with Gasteiger partial charge in [-0.05, 0) is 30.3 Å². The molecule has 1 fully saturated rings. The molecule has 9 nitrogen and oxygen atoms in total. The number of carbonyl (C=O) groups is 1. The number of fused-ring (bicyclic) bond motifs is 1. The molecule has 0 bridgehead atoms. The highest BCUT2D eigenvalue weighted by Crippen LogP contribution is 2.34. The Kier molecular flexibility index (Phi) is 5.31. The zero-order valence-corrected chi connectivity index (χ0v) is 15.9. The number of nitrogens with zero attached hydrogens (tertiary/aromatic N) is 3. The second-order valence-corrected chi connectivity index (χ2v) is 6.88. The number of nitrogens with two attached hydrogens (primary N) is 1. The highest BCUT2D eigenvalue weighted by molar-refractivity contribution is 5.86. The average Bonchev–Trinajstić information content (AvgIpc) is 3.04. The van der Waals surface area contributed by atoms with Crippen molar-refractivity contribution in [2.24, 2.45) is 5.73 Å². The van der Waals surface area contributed by atoms with Crippen molar-refractivity contribution in [3.8, 4) is 17.2 Å². The van der Waals surface area contributed by atoms with E-state index < -0.39 is 18.6 Å². The lowest BCUT2D eigenvalue weighted by molar-refractivity contribution is -0.274. The Morgan fingerprint density at radius 2 is 1.94 bits per heavy atom. The van der Waals surface area contributed by atoms with Crippen molar-refractivity contribution in [2.45, 2.75) is 38.0 Å². The summed E-state index contributed by atoms with van der Waals surface area (Å²) in [5.41, 5.74) is 6.09. The number of alkyl halides is 3. The van der Waals surface area contributed by atoms with E-state index in [-0.39, 0.29) is 18.5 Å². The van der Waals surface area contributed by atoms with Gasteiger partial charge in [-0.3, -0.25) is 0 Å². The maximum absolute atomic E-state index is 12.4. The maximum atomic E-state index is 12.4. The molecular weight excluding hydrogens is 421 g/mol. The van der Waals surface area contributed by atoms with Crippen molar-refractivity contribution in [1.29, 1.82) is 0 Å². The van der Waals surface area contributed by atoms with Crippen LogP contribution in [0.2, 0.25) is 0 Å². The van der Waals surface area contributed by atoms with Crippen LogP contribution in [0.5, 0.6) is 11.5 Å². The number of rotatable bonds is 6. The van der Waals surface area contributed by atoms with E-state index in [0.717, 1.165) is 12.1 Å². The van der Waals surface area contributed by atoms with E-state index in [2.05, 4.69) is 14.8 Å². The fraction of sp³-hybridized carbons (Fsp3) is 0.316. The minimum absolute atomic E-state index is 0.187. The Labute approximate surface area is 173 Å². The minimum atomic E-state index is -4.80. The Balaban J connectivity index is 1.72. The van der Waals surface area contributed by atoms with Gasteiger partial charge >= 0.3 is 12.5 Å². The summed E-state index contributed by atoms with van der Waals surface area (Å²) in [6.07, 6.45) is -3.96. The smallest absolute Gasteiger partial charge is 0.489 e. The molecule has 3 aromatic rings. The Morgan fingerprint density at radius 1 is 1.23 bits per heavy atom. The van der Waals surface area contributed by atoms with Crippen molar-refractivity contribution in [3.05, 3.63) is 42.2 Å². The molecule has 0 aliphatic heterocycles. The van der Waals surface area contributed by atoms with Gasteiger partial charge in [0.2, 0.25) is 0 Å². The molecule has 2 aromatic heterocycles. The summed E-state index contributed by atoms with van der Waals surface area (Å²) in [5, 5.41) is 14.3. The summed E-state index contributed by atoms with van der Waals surface area (Å²) in [6.45, 7) is -0.260. The highest BCUT2D eigenvalue weighted by Gasteiger charge is 2.32. The number of benzene rings is 1. The fourth-order valence-corrected chi connectivity index (χ4v) is 3.21. The number of hydrogen-bond acceptors (Lipinski definition) is 7. The van der Waals surface area contributed by atoms with Crippen LogP contribution in [0.4, 0.5) is 18.0 Å². The Bertz CT molecular complexity index is 1090. The van der Waals surface area contributed by atoms with Gasteiger partial charge in [-0.15, -0.1) is 13.2 Å². The van der Waals surface area contributed by atoms with E-state index in [1.54, 1.807) is 6.07 Å². The molecule has 1 aliphatic carbocycles. The van der Waals surface area contributed by atoms with Gasteiger partial charge in [0, 0.05) is 19.0 Å². The predicted octanol–water partition coefficient (Wildman–Crippen LogP) is 2.82. The second kappa shape index (κ2) is 7.95. The lowest BCUT2D eigenvalue weighted by Gasteiger charge is -2.31. The third-order valence-corrected chi connectivity index (χ3v) is 4.63. The van der Waals surface area contributed by atoms with Crippen LogP contribution >= 0.6 is 0 Å². The summed E-state index contributed by atoms with van der Waals surface area (Å²) >= 11 is 0. The molecule has 0 unspecified atom stereocenters. The molecule has 1 aromatic carbocycles. The first-order chi connectivity index (χ1) is 14.7. The summed E-state index contributed by atoms with van der Waals surface area (Å²) in [4.78, 5) is 15.4. The molecular formula is C19H17F3N4O5. The number of amides is 1.